The molecule has 1 saturated heterocycles. The van der Waals surface area contributed by atoms with Gasteiger partial charge in [0.15, 0.2) is 0 Å². The lowest BCUT2D eigenvalue weighted by atomic mass is 10.1. The molecule has 0 aromatic heterocycles. The molecule has 1 aliphatic rings. The Balaban J connectivity index is 1.80. The van der Waals surface area contributed by atoms with Gasteiger partial charge in [-0.25, -0.2) is 0 Å². The molecular weight excluding hydrogens is 214 g/mol. The fraction of sp³-hybridized carbons (Fsp3) is 0.500. The summed E-state index contributed by atoms with van der Waals surface area (Å²) in [5, 5.41) is 0. The highest BCUT2D eigenvalue weighted by Gasteiger charge is 2.49. The Labute approximate surface area is 102 Å². The summed E-state index contributed by atoms with van der Waals surface area (Å²) < 4.78 is 5.04. The van der Waals surface area contributed by atoms with Crippen LogP contribution in [-0.4, -0.2) is 36.1 Å². The summed E-state index contributed by atoms with van der Waals surface area (Å²) in [6.45, 7) is 5.31. The van der Waals surface area contributed by atoms with Crippen molar-refractivity contribution >= 4 is 5.97 Å². The van der Waals surface area contributed by atoms with Crippen molar-refractivity contribution in [1.29, 1.82) is 0 Å². The van der Waals surface area contributed by atoms with Crippen LogP contribution in [0.3, 0.4) is 0 Å². The average Bonchev–Trinajstić information content (AvgIpc) is 2.99. The molecule has 0 saturated carbocycles. The van der Waals surface area contributed by atoms with Crippen LogP contribution in [0.1, 0.15) is 19.4 Å². The van der Waals surface area contributed by atoms with Gasteiger partial charge in [-0.15, -0.1) is 0 Å². The van der Waals surface area contributed by atoms with Gasteiger partial charge in [0.2, 0.25) is 0 Å². The van der Waals surface area contributed by atoms with Crippen LogP contribution < -0.4 is 0 Å². The van der Waals surface area contributed by atoms with E-state index in [1.807, 2.05) is 25.1 Å². The first-order chi connectivity index (χ1) is 8.24. The van der Waals surface area contributed by atoms with Crippen molar-refractivity contribution in [2.75, 3.05) is 13.2 Å². The lowest BCUT2D eigenvalue weighted by molar-refractivity contribution is -0.143. The molecule has 0 radical (unpaired) electrons. The molecule has 17 heavy (non-hydrogen) atoms. The Bertz CT molecular complexity index is 377. The van der Waals surface area contributed by atoms with Crippen molar-refractivity contribution in [3.8, 4) is 0 Å². The van der Waals surface area contributed by atoms with Gasteiger partial charge in [0.1, 0.15) is 6.04 Å². The number of benzene rings is 1. The third-order valence-electron chi connectivity index (χ3n) is 3.28. The van der Waals surface area contributed by atoms with Crippen LogP contribution >= 0.6 is 0 Å². The lowest BCUT2D eigenvalue weighted by Crippen LogP contribution is -2.17. The Morgan fingerprint density at radius 2 is 2.06 bits per heavy atom. The van der Waals surface area contributed by atoms with Crippen LogP contribution in [0.5, 0.6) is 0 Å². The van der Waals surface area contributed by atoms with E-state index in [4.69, 9.17) is 4.74 Å². The second kappa shape index (κ2) is 5.32. The fourth-order valence-electron chi connectivity index (χ4n) is 2.21. The van der Waals surface area contributed by atoms with Crippen LogP contribution in [0.2, 0.25) is 0 Å². The number of hydrogen-bond donors (Lipinski definition) is 0. The molecule has 0 amide bonds. The summed E-state index contributed by atoms with van der Waals surface area (Å²) in [4.78, 5) is 13.8. The van der Waals surface area contributed by atoms with E-state index in [9.17, 15) is 4.79 Å². The SMILES string of the molecule is CCOC(=O)C1C(C)N1CCc1ccccc1. The molecule has 92 valence electrons. The van der Waals surface area contributed by atoms with Crippen molar-refractivity contribution in [3.63, 3.8) is 0 Å². The Hall–Kier alpha value is -1.35. The Morgan fingerprint density at radius 1 is 1.35 bits per heavy atom. The smallest absolute Gasteiger partial charge is 0.324 e. The number of carbonyl (C=O) groups excluding carboxylic acids is 1. The van der Waals surface area contributed by atoms with E-state index in [0.717, 1.165) is 13.0 Å². The van der Waals surface area contributed by atoms with E-state index >= 15 is 0 Å². The first kappa shape index (κ1) is 12.1. The minimum absolute atomic E-state index is 0.0151. The lowest BCUT2D eigenvalue weighted by Gasteiger charge is -2.04. The van der Waals surface area contributed by atoms with Crippen molar-refractivity contribution in [3.05, 3.63) is 35.9 Å². The first-order valence-corrected chi connectivity index (χ1v) is 6.20. The van der Waals surface area contributed by atoms with E-state index in [1.54, 1.807) is 0 Å². The zero-order valence-corrected chi connectivity index (χ0v) is 10.4. The van der Waals surface area contributed by atoms with Gasteiger partial charge >= 0.3 is 5.97 Å². The normalized spacial score (nSPS) is 26.6. The van der Waals surface area contributed by atoms with E-state index in [1.165, 1.54) is 5.56 Å². The number of nitrogens with zero attached hydrogens (tertiary/aromatic N) is 1. The predicted molar refractivity (Wildman–Crippen MR) is 66.7 cm³/mol. The highest BCUT2D eigenvalue weighted by Crippen LogP contribution is 2.28. The maximum atomic E-state index is 11.6. The molecule has 0 aliphatic carbocycles. The third-order valence-corrected chi connectivity index (χ3v) is 3.28. The summed E-state index contributed by atoms with van der Waals surface area (Å²) >= 11 is 0. The molecule has 0 N–H and O–H groups in total. The van der Waals surface area contributed by atoms with Gasteiger partial charge in [-0.3, -0.25) is 9.69 Å². The predicted octanol–water partition coefficient (Wildman–Crippen LogP) is 1.86. The molecule has 1 fully saturated rings. The summed E-state index contributed by atoms with van der Waals surface area (Å²) in [6.07, 6.45) is 0.987. The second-order valence-corrected chi connectivity index (χ2v) is 4.41. The molecule has 1 heterocycles. The van der Waals surface area contributed by atoms with Gasteiger partial charge in [0.05, 0.1) is 6.61 Å². The van der Waals surface area contributed by atoms with E-state index < -0.39 is 0 Å². The van der Waals surface area contributed by atoms with Gasteiger partial charge in [0.25, 0.3) is 0 Å². The average molecular weight is 233 g/mol. The Morgan fingerprint density at radius 3 is 2.71 bits per heavy atom. The first-order valence-electron chi connectivity index (χ1n) is 6.20. The number of hydrogen-bond acceptors (Lipinski definition) is 3. The third kappa shape index (κ3) is 2.86. The number of ether oxygens (including phenoxy) is 1. The molecule has 1 aromatic rings. The van der Waals surface area contributed by atoms with Gasteiger partial charge < -0.3 is 4.74 Å². The maximum absolute atomic E-state index is 11.6. The zero-order valence-electron chi connectivity index (χ0n) is 10.4. The van der Waals surface area contributed by atoms with Crippen LogP contribution in [0.15, 0.2) is 30.3 Å². The highest BCUT2D eigenvalue weighted by atomic mass is 16.5. The Kier molecular flexibility index (Phi) is 3.79. The molecule has 3 heteroatoms. The fourth-order valence-corrected chi connectivity index (χ4v) is 2.21. The summed E-state index contributed by atoms with van der Waals surface area (Å²) in [5.74, 6) is -0.0759. The van der Waals surface area contributed by atoms with E-state index in [2.05, 4.69) is 24.0 Å². The van der Waals surface area contributed by atoms with Crippen molar-refractivity contribution in [1.82, 2.24) is 4.90 Å². The quantitative estimate of drug-likeness (QED) is 0.574. The molecule has 1 aromatic carbocycles. The number of rotatable bonds is 5. The monoisotopic (exact) mass is 233 g/mol. The van der Waals surface area contributed by atoms with Gasteiger partial charge in [-0.05, 0) is 25.8 Å². The molecule has 3 unspecified atom stereocenters. The summed E-state index contributed by atoms with van der Waals surface area (Å²) in [7, 11) is 0. The van der Waals surface area contributed by atoms with Crippen molar-refractivity contribution < 1.29 is 9.53 Å². The van der Waals surface area contributed by atoms with Crippen LogP contribution in [0.25, 0.3) is 0 Å². The van der Waals surface area contributed by atoms with Crippen molar-refractivity contribution in [2.45, 2.75) is 32.4 Å². The maximum Gasteiger partial charge on any atom is 0.324 e. The largest absolute Gasteiger partial charge is 0.465 e. The summed E-state index contributed by atoms with van der Waals surface area (Å²) in [5.41, 5.74) is 1.31. The molecule has 3 nitrogen and oxygen atoms in total. The molecule has 0 spiro atoms. The molecule has 2 rings (SSSR count). The highest BCUT2D eigenvalue weighted by molar-refractivity contribution is 5.80. The minimum atomic E-state index is -0.0759. The van der Waals surface area contributed by atoms with Gasteiger partial charge in [-0.2, -0.15) is 0 Å². The minimum Gasteiger partial charge on any atom is -0.465 e. The molecular formula is C14H19NO2. The van der Waals surface area contributed by atoms with Gasteiger partial charge in [0, 0.05) is 12.6 Å². The van der Waals surface area contributed by atoms with E-state index in [0.29, 0.717) is 12.6 Å². The standard InChI is InChI=1S/C14H19NO2/c1-3-17-14(16)13-11(2)15(13)10-9-12-7-5-4-6-8-12/h4-8,11,13H,3,9-10H2,1-2H3. The number of esters is 1. The van der Waals surface area contributed by atoms with Crippen LogP contribution in [-0.2, 0) is 16.0 Å². The second-order valence-electron chi connectivity index (χ2n) is 4.41. The zero-order chi connectivity index (χ0) is 12.3. The number of carbonyl (C=O) groups is 1. The van der Waals surface area contributed by atoms with Crippen LogP contribution in [0, 0.1) is 0 Å². The molecule has 3 atom stereocenters. The topological polar surface area (TPSA) is 29.3 Å². The molecule has 0 bridgehead atoms. The van der Waals surface area contributed by atoms with E-state index in [-0.39, 0.29) is 12.0 Å². The van der Waals surface area contributed by atoms with Crippen LogP contribution in [0.4, 0.5) is 0 Å². The van der Waals surface area contributed by atoms with Crippen molar-refractivity contribution in [2.24, 2.45) is 0 Å². The molecule has 1 aliphatic heterocycles. The van der Waals surface area contributed by atoms with Gasteiger partial charge in [-0.1, -0.05) is 30.3 Å². The summed E-state index contributed by atoms with van der Waals surface area (Å²) in [6, 6.07) is 10.7.